The van der Waals surface area contributed by atoms with Gasteiger partial charge in [-0.15, -0.1) is 0 Å². The fourth-order valence-corrected chi connectivity index (χ4v) is 2.75. The molecule has 0 spiro atoms. The summed E-state index contributed by atoms with van der Waals surface area (Å²) < 4.78 is 11.7. The molecule has 0 amide bonds. The number of ether oxygens (including phenoxy) is 2. The number of hydrogen-bond acceptors (Lipinski definition) is 3. The van der Waals surface area contributed by atoms with E-state index in [9.17, 15) is 0 Å². The zero-order valence-corrected chi connectivity index (χ0v) is 12.7. The van der Waals surface area contributed by atoms with Crippen LogP contribution in [0, 0.1) is 0 Å². The summed E-state index contributed by atoms with van der Waals surface area (Å²) in [6.07, 6.45) is 13.0. The summed E-state index contributed by atoms with van der Waals surface area (Å²) in [5.74, 6) is -0.243. The van der Waals surface area contributed by atoms with Gasteiger partial charge in [0, 0.05) is 19.4 Å². The van der Waals surface area contributed by atoms with Crippen LogP contribution in [0.4, 0.5) is 0 Å². The van der Waals surface area contributed by atoms with E-state index < -0.39 is 0 Å². The molecule has 0 unspecified atom stereocenters. The Balaban J connectivity index is 2.02. The van der Waals surface area contributed by atoms with Gasteiger partial charge in [-0.2, -0.15) is 0 Å². The minimum Gasteiger partial charge on any atom is -0.396 e. The Morgan fingerprint density at radius 3 is 1.89 bits per heavy atom. The maximum atomic E-state index is 8.70. The molecule has 0 aromatic carbocycles. The monoisotopic (exact) mass is 272 g/mol. The Bertz CT molecular complexity index is 200. The first-order valence-electron chi connectivity index (χ1n) is 8.22. The van der Waals surface area contributed by atoms with Gasteiger partial charge in [0.05, 0.1) is 13.2 Å². The lowest BCUT2D eigenvalue weighted by molar-refractivity contribution is -0.168. The van der Waals surface area contributed by atoms with Gasteiger partial charge in [-0.3, -0.25) is 0 Å². The molecule has 1 rings (SSSR count). The van der Waals surface area contributed by atoms with Gasteiger partial charge in [0.2, 0.25) is 0 Å². The summed E-state index contributed by atoms with van der Waals surface area (Å²) in [6.45, 7) is 4.10. The van der Waals surface area contributed by atoms with Crippen molar-refractivity contribution >= 4 is 0 Å². The van der Waals surface area contributed by atoms with E-state index in [1.165, 1.54) is 51.4 Å². The predicted octanol–water partition coefficient (Wildman–Crippen LogP) is 4.03. The maximum absolute atomic E-state index is 8.70. The minimum atomic E-state index is -0.243. The quantitative estimate of drug-likeness (QED) is 0.545. The van der Waals surface area contributed by atoms with Crippen molar-refractivity contribution in [1.82, 2.24) is 0 Å². The zero-order valence-electron chi connectivity index (χ0n) is 12.7. The Morgan fingerprint density at radius 2 is 1.32 bits per heavy atom. The average molecular weight is 272 g/mol. The molecular formula is C16H32O3. The van der Waals surface area contributed by atoms with Crippen molar-refractivity contribution in [3.8, 4) is 0 Å². The lowest BCUT2D eigenvalue weighted by Crippen LogP contribution is -2.29. The van der Waals surface area contributed by atoms with Crippen molar-refractivity contribution in [1.29, 1.82) is 0 Å². The van der Waals surface area contributed by atoms with Crippen molar-refractivity contribution in [3.05, 3.63) is 0 Å². The van der Waals surface area contributed by atoms with Crippen LogP contribution in [0.5, 0.6) is 0 Å². The molecule has 3 nitrogen and oxygen atoms in total. The Morgan fingerprint density at radius 1 is 0.789 bits per heavy atom. The first kappa shape index (κ1) is 16.9. The van der Waals surface area contributed by atoms with Crippen molar-refractivity contribution in [2.45, 2.75) is 83.3 Å². The normalized spacial score (nSPS) is 18.0. The van der Waals surface area contributed by atoms with Crippen LogP contribution in [-0.2, 0) is 9.47 Å². The average Bonchev–Trinajstić information content (AvgIpc) is 2.89. The lowest BCUT2D eigenvalue weighted by atomic mass is 10.0. The number of rotatable bonds is 12. The highest BCUT2D eigenvalue weighted by molar-refractivity contribution is 4.74. The van der Waals surface area contributed by atoms with Crippen LogP contribution in [0.15, 0.2) is 0 Å². The molecule has 1 aliphatic rings. The number of unbranched alkanes of at least 4 members (excludes halogenated alkanes) is 7. The predicted molar refractivity (Wildman–Crippen MR) is 78.2 cm³/mol. The van der Waals surface area contributed by atoms with E-state index in [0.29, 0.717) is 6.61 Å². The molecule has 0 saturated carbocycles. The van der Waals surface area contributed by atoms with Gasteiger partial charge in [-0.1, -0.05) is 45.4 Å². The number of aliphatic hydroxyl groups excluding tert-OH is 1. The summed E-state index contributed by atoms with van der Waals surface area (Å²) in [4.78, 5) is 0. The first-order chi connectivity index (χ1) is 9.33. The molecule has 0 aromatic rings. The van der Waals surface area contributed by atoms with E-state index in [4.69, 9.17) is 14.6 Å². The molecule has 0 atom stereocenters. The van der Waals surface area contributed by atoms with Gasteiger partial charge in [-0.05, 0) is 19.3 Å². The fraction of sp³-hybridized carbons (Fsp3) is 1.00. The largest absolute Gasteiger partial charge is 0.396 e. The van der Waals surface area contributed by atoms with Gasteiger partial charge in [0.15, 0.2) is 5.79 Å². The number of hydrogen-bond donors (Lipinski definition) is 1. The second-order valence-corrected chi connectivity index (χ2v) is 5.66. The maximum Gasteiger partial charge on any atom is 0.168 e. The van der Waals surface area contributed by atoms with Crippen LogP contribution in [0.1, 0.15) is 77.6 Å². The SMILES string of the molecule is CCCCC1(CCCCCCCCCO)OCCO1. The van der Waals surface area contributed by atoms with E-state index >= 15 is 0 Å². The molecule has 3 heteroatoms. The molecule has 19 heavy (non-hydrogen) atoms. The third kappa shape index (κ3) is 7.28. The molecule has 0 radical (unpaired) electrons. The molecular weight excluding hydrogens is 240 g/mol. The van der Waals surface area contributed by atoms with Crippen molar-refractivity contribution in [3.63, 3.8) is 0 Å². The van der Waals surface area contributed by atoms with E-state index in [1.54, 1.807) is 0 Å². The third-order valence-electron chi connectivity index (χ3n) is 3.94. The van der Waals surface area contributed by atoms with Gasteiger partial charge >= 0.3 is 0 Å². The molecule has 1 saturated heterocycles. The van der Waals surface area contributed by atoms with E-state index in [-0.39, 0.29) is 5.79 Å². The molecule has 0 aliphatic carbocycles. The number of aliphatic hydroxyl groups is 1. The molecule has 1 heterocycles. The summed E-state index contributed by atoms with van der Waals surface area (Å²) in [6, 6.07) is 0. The second-order valence-electron chi connectivity index (χ2n) is 5.66. The smallest absolute Gasteiger partial charge is 0.168 e. The standard InChI is InChI=1S/C16H32O3/c1-2-3-11-16(18-14-15-19-16)12-9-7-5-4-6-8-10-13-17/h17H,2-15H2,1H3. The molecule has 1 N–H and O–H groups in total. The van der Waals surface area contributed by atoms with E-state index in [2.05, 4.69) is 6.92 Å². The molecule has 0 aromatic heterocycles. The van der Waals surface area contributed by atoms with E-state index in [0.717, 1.165) is 32.5 Å². The highest BCUT2D eigenvalue weighted by atomic mass is 16.7. The second kappa shape index (κ2) is 10.6. The van der Waals surface area contributed by atoms with E-state index in [1.807, 2.05) is 0 Å². The third-order valence-corrected chi connectivity index (χ3v) is 3.94. The summed E-state index contributed by atoms with van der Waals surface area (Å²) in [5.41, 5.74) is 0. The summed E-state index contributed by atoms with van der Waals surface area (Å²) in [5, 5.41) is 8.70. The lowest BCUT2D eigenvalue weighted by Gasteiger charge is -2.27. The zero-order chi connectivity index (χ0) is 13.8. The van der Waals surface area contributed by atoms with Gasteiger partial charge in [-0.25, -0.2) is 0 Å². The minimum absolute atomic E-state index is 0.243. The Labute approximate surface area is 118 Å². The summed E-state index contributed by atoms with van der Waals surface area (Å²) >= 11 is 0. The molecule has 1 fully saturated rings. The van der Waals surface area contributed by atoms with Crippen LogP contribution < -0.4 is 0 Å². The Kier molecular flexibility index (Phi) is 9.48. The molecule has 0 bridgehead atoms. The first-order valence-corrected chi connectivity index (χ1v) is 8.22. The fourth-order valence-electron chi connectivity index (χ4n) is 2.75. The summed E-state index contributed by atoms with van der Waals surface area (Å²) in [7, 11) is 0. The topological polar surface area (TPSA) is 38.7 Å². The highest BCUT2D eigenvalue weighted by Crippen LogP contribution is 2.31. The van der Waals surface area contributed by atoms with Crippen LogP contribution >= 0.6 is 0 Å². The van der Waals surface area contributed by atoms with Gasteiger partial charge < -0.3 is 14.6 Å². The molecule has 114 valence electrons. The highest BCUT2D eigenvalue weighted by Gasteiger charge is 2.34. The van der Waals surface area contributed by atoms with Crippen molar-refractivity contribution < 1.29 is 14.6 Å². The van der Waals surface area contributed by atoms with Crippen molar-refractivity contribution in [2.24, 2.45) is 0 Å². The van der Waals surface area contributed by atoms with Crippen LogP contribution in [-0.4, -0.2) is 30.7 Å². The van der Waals surface area contributed by atoms with Crippen LogP contribution in [0.3, 0.4) is 0 Å². The Hall–Kier alpha value is -0.120. The van der Waals surface area contributed by atoms with Gasteiger partial charge in [0.1, 0.15) is 0 Å². The molecule has 1 aliphatic heterocycles. The van der Waals surface area contributed by atoms with Crippen LogP contribution in [0.25, 0.3) is 0 Å². The van der Waals surface area contributed by atoms with Gasteiger partial charge in [0.25, 0.3) is 0 Å². The van der Waals surface area contributed by atoms with Crippen LogP contribution in [0.2, 0.25) is 0 Å². The van der Waals surface area contributed by atoms with Crippen molar-refractivity contribution in [2.75, 3.05) is 19.8 Å².